The van der Waals surface area contributed by atoms with Gasteiger partial charge in [-0.1, -0.05) is 44.2 Å². The summed E-state index contributed by atoms with van der Waals surface area (Å²) in [5, 5.41) is 0. The fourth-order valence-corrected chi connectivity index (χ4v) is 5.00. The van der Waals surface area contributed by atoms with Crippen molar-refractivity contribution in [2.45, 2.75) is 51.4 Å². The number of ketones is 1. The van der Waals surface area contributed by atoms with Crippen molar-refractivity contribution < 1.29 is 4.79 Å². The van der Waals surface area contributed by atoms with Gasteiger partial charge in [0.2, 0.25) is 0 Å². The van der Waals surface area contributed by atoms with Crippen molar-refractivity contribution in [3.8, 4) is 0 Å². The van der Waals surface area contributed by atoms with E-state index < -0.39 is 0 Å². The van der Waals surface area contributed by atoms with Gasteiger partial charge in [-0.3, -0.25) is 4.79 Å². The maximum Gasteiger partial charge on any atom is 0.163 e. The van der Waals surface area contributed by atoms with Gasteiger partial charge in [-0.05, 0) is 54.6 Å². The minimum absolute atomic E-state index is 0.273. The summed E-state index contributed by atoms with van der Waals surface area (Å²) in [4.78, 5) is 12.3. The second-order valence-electron chi connectivity index (χ2n) is 7.75. The Morgan fingerprint density at radius 2 is 2.14 bits per heavy atom. The molecular weight excluding hydrogens is 256 g/mol. The highest BCUT2D eigenvalue weighted by molar-refractivity contribution is 5.99. The number of carbonyl (C=O) groups excluding carboxylic acids is 1. The monoisotopic (exact) mass is 280 g/mol. The predicted octanol–water partition coefficient (Wildman–Crippen LogP) is 4.70. The van der Waals surface area contributed by atoms with Crippen LogP contribution < -0.4 is 0 Å². The molecule has 110 valence electrons. The average Bonchev–Trinajstić information content (AvgIpc) is 3.04. The quantitative estimate of drug-likeness (QED) is 0.718. The van der Waals surface area contributed by atoms with Gasteiger partial charge in [0.1, 0.15) is 0 Å². The smallest absolute Gasteiger partial charge is 0.163 e. The largest absolute Gasteiger partial charge is 0.294 e. The van der Waals surface area contributed by atoms with E-state index in [1.54, 1.807) is 0 Å². The van der Waals surface area contributed by atoms with Crippen molar-refractivity contribution in [3.63, 3.8) is 0 Å². The van der Waals surface area contributed by atoms with Gasteiger partial charge in [-0.2, -0.15) is 0 Å². The van der Waals surface area contributed by atoms with Gasteiger partial charge in [0.25, 0.3) is 0 Å². The third-order valence-corrected chi connectivity index (χ3v) is 5.87. The minimum atomic E-state index is 0.273. The molecule has 0 N–H and O–H groups in total. The molecule has 1 aromatic rings. The second-order valence-corrected chi connectivity index (χ2v) is 7.75. The van der Waals surface area contributed by atoms with Crippen LogP contribution in [0.3, 0.4) is 0 Å². The van der Waals surface area contributed by atoms with E-state index in [-0.39, 0.29) is 5.41 Å². The zero-order valence-electron chi connectivity index (χ0n) is 13.1. The Morgan fingerprint density at radius 1 is 1.29 bits per heavy atom. The van der Waals surface area contributed by atoms with Crippen molar-refractivity contribution in [3.05, 3.63) is 47.0 Å². The van der Waals surface area contributed by atoms with E-state index in [0.717, 1.165) is 30.7 Å². The van der Waals surface area contributed by atoms with E-state index >= 15 is 0 Å². The summed E-state index contributed by atoms with van der Waals surface area (Å²) in [6.07, 6.45) is 10.3. The summed E-state index contributed by atoms with van der Waals surface area (Å²) in [6, 6.07) is 6.67. The molecule has 0 radical (unpaired) electrons. The molecule has 2 bridgehead atoms. The number of Topliss-reactive ketones (excluding diaryl/α,β-unsaturated/α-hetero) is 1. The highest BCUT2D eigenvalue weighted by atomic mass is 16.1. The molecule has 3 aliphatic carbocycles. The molecular formula is C20H24O. The molecule has 3 unspecified atom stereocenters. The molecule has 3 atom stereocenters. The van der Waals surface area contributed by atoms with E-state index in [4.69, 9.17) is 0 Å². The lowest BCUT2D eigenvalue weighted by atomic mass is 9.62. The molecule has 1 heteroatoms. The number of rotatable bonds is 2. The van der Waals surface area contributed by atoms with Crippen LogP contribution in [0.2, 0.25) is 0 Å². The Labute approximate surface area is 127 Å². The Hall–Kier alpha value is -1.37. The van der Waals surface area contributed by atoms with Gasteiger partial charge in [0, 0.05) is 17.4 Å². The number of carbonyl (C=O) groups is 1. The van der Waals surface area contributed by atoms with Crippen LogP contribution in [0.1, 0.15) is 61.0 Å². The topological polar surface area (TPSA) is 17.1 Å². The summed E-state index contributed by atoms with van der Waals surface area (Å²) in [6.45, 7) is 4.53. The van der Waals surface area contributed by atoms with Crippen LogP contribution in [0.15, 0.2) is 30.4 Å². The first-order valence-corrected chi connectivity index (χ1v) is 8.43. The standard InChI is InChI=1S/C20H24O/c1-13(2)9-14-4-6-17-18(11-14)20(8-7-19(17)21)12-15-3-5-16(20)10-15/h3-6,11,13,15-16H,7-10,12H2,1-2H3. The van der Waals surface area contributed by atoms with Crippen molar-refractivity contribution >= 4 is 5.78 Å². The molecule has 0 aromatic heterocycles. The summed E-state index contributed by atoms with van der Waals surface area (Å²) < 4.78 is 0. The molecule has 4 rings (SSSR count). The minimum Gasteiger partial charge on any atom is -0.294 e. The van der Waals surface area contributed by atoms with Crippen molar-refractivity contribution in [2.75, 3.05) is 0 Å². The van der Waals surface area contributed by atoms with Gasteiger partial charge < -0.3 is 0 Å². The summed E-state index contributed by atoms with van der Waals surface area (Å²) in [7, 11) is 0. The van der Waals surface area contributed by atoms with Crippen LogP contribution in [-0.2, 0) is 11.8 Å². The highest BCUT2D eigenvalue weighted by Crippen LogP contribution is 2.58. The molecule has 1 fully saturated rings. The van der Waals surface area contributed by atoms with E-state index in [0.29, 0.717) is 17.6 Å². The van der Waals surface area contributed by atoms with Crippen molar-refractivity contribution in [2.24, 2.45) is 17.8 Å². The highest BCUT2D eigenvalue weighted by Gasteiger charge is 2.52. The van der Waals surface area contributed by atoms with E-state index in [1.165, 1.54) is 24.0 Å². The van der Waals surface area contributed by atoms with Gasteiger partial charge in [0.15, 0.2) is 5.78 Å². The molecule has 1 aromatic carbocycles. The molecule has 0 amide bonds. The van der Waals surface area contributed by atoms with Crippen LogP contribution in [-0.4, -0.2) is 5.78 Å². The number of fused-ring (bicyclic) bond motifs is 5. The second kappa shape index (κ2) is 4.56. The maximum atomic E-state index is 12.3. The SMILES string of the molecule is CC(C)Cc1ccc2c(c1)C1(CCC2=O)CC2C=CC1C2. The first-order valence-electron chi connectivity index (χ1n) is 8.43. The lowest BCUT2D eigenvalue weighted by Gasteiger charge is -2.41. The van der Waals surface area contributed by atoms with Crippen molar-refractivity contribution in [1.82, 2.24) is 0 Å². The van der Waals surface area contributed by atoms with E-state index in [9.17, 15) is 4.79 Å². The Bertz CT molecular complexity index is 625. The Balaban J connectivity index is 1.82. The Kier molecular flexibility index (Phi) is 2.89. The zero-order chi connectivity index (χ0) is 14.6. The molecule has 1 spiro atoms. The lowest BCUT2D eigenvalue weighted by Crippen LogP contribution is -2.37. The van der Waals surface area contributed by atoms with Crippen LogP contribution in [0.4, 0.5) is 0 Å². The molecule has 3 aliphatic rings. The number of hydrogen-bond donors (Lipinski definition) is 0. The van der Waals surface area contributed by atoms with Gasteiger partial charge in [0.05, 0.1) is 0 Å². The number of hydrogen-bond acceptors (Lipinski definition) is 1. The molecule has 1 nitrogen and oxygen atoms in total. The van der Waals surface area contributed by atoms with Crippen molar-refractivity contribution in [1.29, 1.82) is 0 Å². The zero-order valence-corrected chi connectivity index (χ0v) is 13.1. The molecule has 0 aliphatic heterocycles. The van der Waals surface area contributed by atoms with Gasteiger partial charge >= 0.3 is 0 Å². The van der Waals surface area contributed by atoms with E-state index in [2.05, 4.69) is 44.2 Å². The lowest BCUT2D eigenvalue weighted by molar-refractivity contribution is 0.0944. The fraction of sp³-hybridized carbons (Fsp3) is 0.550. The first-order chi connectivity index (χ1) is 10.1. The molecule has 21 heavy (non-hydrogen) atoms. The van der Waals surface area contributed by atoms with Crippen LogP contribution in [0, 0.1) is 17.8 Å². The Morgan fingerprint density at radius 3 is 2.81 bits per heavy atom. The third kappa shape index (κ3) is 1.93. The molecule has 1 saturated carbocycles. The molecule has 0 heterocycles. The van der Waals surface area contributed by atoms with Gasteiger partial charge in [-0.25, -0.2) is 0 Å². The average molecular weight is 280 g/mol. The maximum absolute atomic E-state index is 12.3. The summed E-state index contributed by atoms with van der Waals surface area (Å²) in [5.74, 6) is 2.45. The predicted molar refractivity (Wildman–Crippen MR) is 85.6 cm³/mol. The molecule has 0 saturated heterocycles. The van der Waals surface area contributed by atoms with Crippen LogP contribution >= 0.6 is 0 Å². The summed E-state index contributed by atoms with van der Waals surface area (Å²) >= 11 is 0. The first kappa shape index (κ1) is 13.3. The van der Waals surface area contributed by atoms with E-state index in [1.807, 2.05) is 0 Å². The van der Waals surface area contributed by atoms with Crippen LogP contribution in [0.5, 0.6) is 0 Å². The number of allylic oxidation sites excluding steroid dienone is 2. The fourth-order valence-electron chi connectivity index (χ4n) is 5.00. The van der Waals surface area contributed by atoms with Crippen LogP contribution in [0.25, 0.3) is 0 Å². The number of benzene rings is 1. The third-order valence-electron chi connectivity index (χ3n) is 5.87. The van der Waals surface area contributed by atoms with Gasteiger partial charge in [-0.15, -0.1) is 0 Å². The summed E-state index contributed by atoms with van der Waals surface area (Å²) in [5.41, 5.74) is 4.09. The normalized spacial score (nSPS) is 33.2.